The van der Waals surface area contributed by atoms with Crippen LogP contribution in [0.25, 0.3) is 0 Å². The maximum absolute atomic E-state index is 10.1. The lowest BCUT2D eigenvalue weighted by atomic mass is 10.0. The average Bonchev–Trinajstić information content (AvgIpc) is 2.39. The van der Waals surface area contributed by atoms with E-state index in [0.717, 1.165) is 11.1 Å². The van der Waals surface area contributed by atoms with Gasteiger partial charge in [-0.15, -0.1) is 11.8 Å². The molecule has 0 saturated heterocycles. The molecule has 2 heteroatoms. The number of aliphatic hydroxyl groups excluding tert-OH is 1. The van der Waals surface area contributed by atoms with Crippen molar-refractivity contribution < 1.29 is 5.11 Å². The Morgan fingerprint density at radius 3 is 2.00 bits per heavy atom. The number of thioether (sulfide) groups is 1. The van der Waals surface area contributed by atoms with Crippen molar-refractivity contribution in [3.63, 3.8) is 0 Å². The first-order valence-corrected chi connectivity index (χ1v) is 6.40. The highest BCUT2D eigenvalue weighted by atomic mass is 32.2. The van der Waals surface area contributed by atoms with Gasteiger partial charge in [-0.25, -0.2) is 0 Å². The van der Waals surface area contributed by atoms with Crippen molar-refractivity contribution in [3.05, 3.63) is 65.7 Å². The summed E-state index contributed by atoms with van der Waals surface area (Å²) in [6, 6.07) is 17.7. The third kappa shape index (κ3) is 2.46. The zero-order chi connectivity index (χ0) is 11.4. The zero-order valence-electron chi connectivity index (χ0n) is 9.13. The number of benzene rings is 2. The Morgan fingerprint density at radius 1 is 0.875 bits per heavy atom. The van der Waals surface area contributed by atoms with Crippen LogP contribution in [0.15, 0.2) is 59.5 Å². The molecule has 0 amide bonds. The van der Waals surface area contributed by atoms with Crippen molar-refractivity contribution in [2.45, 2.75) is 11.0 Å². The molecule has 82 valence electrons. The molecule has 0 aliphatic carbocycles. The molecule has 0 spiro atoms. The Balaban J connectivity index is 2.24. The highest BCUT2D eigenvalue weighted by molar-refractivity contribution is 7.98. The van der Waals surface area contributed by atoms with Gasteiger partial charge in [0.2, 0.25) is 0 Å². The molecular formula is C14H14OS. The maximum Gasteiger partial charge on any atom is 0.104 e. The Morgan fingerprint density at radius 2 is 1.44 bits per heavy atom. The molecule has 2 rings (SSSR count). The predicted octanol–water partition coefficient (Wildman–Crippen LogP) is 3.49. The van der Waals surface area contributed by atoms with Crippen LogP contribution < -0.4 is 0 Å². The lowest BCUT2D eigenvalue weighted by molar-refractivity contribution is 0.220. The minimum atomic E-state index is -0.530. The van der Waals surface area contributed by atoms with Gasteiger partial charge in [-0.2, -0.15) is 0 Å². The zero-order valence-corrected chi connectivity index (χ0v) is 9.95. The lowest BCUT2D eigenvalue weighted by Crippen LogP contribution is -1.98. The molecule has 0 aliphatic rings. The highest BCUT2D eigenvalue weighted by Gasteiger charge is 2.08. The summed E-state index contributed by atoms with van der Waals surface area (Å²) >= 11 is 1.70. The molecule has 2 aromatic rings. The molecule has 0 aliphatic heterocycles. The monoisotopic (exact) mass is 230 g/mol. The first kappa shape index (κ1) is 11.2. The van der Waals surface area contributed by atoms with E-state index in [4.69, 9.17) is 0 Å². The van der Waals surface area contributed by atoms with Crippen LogP contribution in [0.3, 0.4) is 0 Å². The van der Waals surface area contributed by atoms with Crippen molar-refractivity contribution in [1.82, 2.24) is 0 Å². The molecule has 1 unspecified atom stereocenters. The van der Waals surface area contributed by atoms with Gasteiger partial charge in [-0.1, -0.05) is 42.5 Å². The molecule has 1 N–H and O–H groups in total. The lowest BCUT2D eigenvalue weighted by Gasteiger charge is -2.11. The first-order chi connectivity index (χ1) is 7.81. The molecule has 0 fully saturated rings. The van der Waals surface area contributed by atoms with E-state index in [-0.39, 0.29) is 0 Å². The Kier molecular flexibility index (Phi) is 3.65. The number of rotatable bonds is 3. The van der Waals surface area contributed by atoms with Gasteiger partial charge in [0.05, 0.1) is 0 Å². The SMILES string of the molecule is CSc1ccc(C(O)c2ccccc2)cc1. The van der Waals surface area contributed by atoms with Crippen molar-refractivity contribution in [3.8, 4) is 0 Å². The summed E-state index contributed by atoms with van der Waals surface area (Å²) in [5.74, 6) is 0. The second kappa shape index (κ2) is 5.19. The molecule has 16 heavy (non-hydrogen) atoms. The fraction of sp³-hybridized carbons (Fsp3) is 0.143. The van der Waals surface area contributed by atoms with E-state index in [0.29, 0.717) is 0 Å². The fourth-order valence-corrected chi connectivity index (χ4v) is 2.02. The normalized spacial score (nSPS) is 12.4. The summed E-state index contributed by atoms with van der Waals surface area (Å²) in [6.45, 7) is 0. The number of hydrogen-bond acceptors (Lipinski definition) is 2. The van der Waals surface area contributed by atoms with E-state index in [2.05, 4.69) is 0 Å². The molecule has 1 atom stereocenters. The smallest absolute Gasteiger partial charge is 0.104 e. The van der Waals surface area contributed by atoms with Gasteiger partial charge < -0.3 is 5.11 Å². The van der Waals surface area contributed by atoms with E-state index in [1.54, 1.807) is 11.8 Å². The Labute approximate surface area is 100 Å². The average molecular weight is 230 g/mol. The standard InChI is InChI=1S/C14H14OS/c1-16-13-9-7-12(8-10-13)14(15)11-5-3-2-4-6-11/h2-10,14-15H,1H3. The van der Waals surface area contributed by atoms with Gasteiger partial charge in [0, 0.05) is 4.90 Å². The van der Waals surface area contributed by atoms with Gasteiger partial charge >= 0.3 is 0 Å². The number of hydrogen-bond donors (Lipinski definition) is 1. The molecule has 0 radical (unpaired) electrons. The molecule has 0 saturated carbocycles. The highest BCUT2D eigenvalue weighted by Crippen LogP contribution is 2.23. The van der Waals surface area contributed by atoms with Gasteiger partial charge in [0.25, 0.3) is 0 Å². The Hall–Kier alpha value is -1.25. The first-order valence-electron chi connectivity index (χ1n) is 5.18. The van der Waals surface area contributed by atoms with Gasteiger partial charge in [0.15, 0.2) is 0 Å². The fourth-order valence-electron chi connectivity index (χ4n) is 1.61. The van der Waals surface area contributed by atoms with Gasteiger partial charge in [0.1, 0.15) is 6.10 Å². The van der Waals surface area contributed by atoms with Crippen molar-refractivity contribution in [1.29, 1.82) is 0 Å². The molecule has 0 aromatic heterocycles. The van der Waals surface area contributed by atoms with Crippen molar-refractivity contribution in [2.75, 3.05) is 6.26 Å². The summed E-state index contributed by atoms with van der Waals surface area (Å²) < 4.78 is 0. The third-order valence-electron chi connectivity index (χ3n) is 2.55. The molecule has 2 aromatic carbocycles. The maximum atomic E-state index is 10.1. The van der Waals surface area contributed by atoms with Crippen molar-refractivity contribution >= 4 is 11.8 Å². The van der Waals surface area contributed by atoms with Crippen LogP contribution in [-0.2, 0) is 0 Å². The summed E-state index contributed by atoms with van der Waals surface area (Å²) in [5, 5.41) is 10.1. The second-order valence-electron chi connectivity index (χ2n) is 3.59. The topological polar surface area (TPSA) is 20.2 Å². The van der Waals surface area contributed by atoms with Crippen LogP contribution in [0.1, 0.15) is 17.2 Å². The quantitative estimate of drug-likeness (QED) is 0.814. The van der Waals surface area contributed by atoms with Crippen molar-refractivity contribution in [2.24, 2.45) is 0 Å². The minimum absolute atomic E-state index is 0.530. The minimum Gasteiger partial charge on any atom is -0.384 e. The summed E-state index contributed by atoms with van der Waals surface area (Å²) in [5.41, 5.74) is 1.86. The summed E-state index contributed by atoms with van der Waals surface area (Å²) in [6.07, 6.45) is 1.51. The number of aliphatic hydroxyl groups is 1. The van der Waals surface area contributed by atoms with E-state index in [1.165, 1.54) is 4.90 Å². The molecular weight excluding hydrogens is 216 g/mol. The summed E-state index contributed by atoms with van der Waals surface area (Å²) in [7, 11) is 0. The van der Waals surface area contributed by atoms with Crippen LogP contribution in [0.2, 0.25) is 0 Å². The molecule has 0 heterocycles. The second-order valence-corrected chi connectivity index (χ2v) is 4.47. The van der Waals surface area contributed by atoms with Crippen LogP contribution >= 0.6 is 11.8 Å². The van der Waals surface area contributed by atoms with Crippen LogP contribution in [0, 0.1) is 0 Å². The van der Waals surface area contributed by atoms with Crippen LogP contribution in [0.5, 0.6) is 0 Å². The largest absolute Gasteiger partial charge is 0.384 e. The van der Waals surface area contributed by atoms with E-state index < -0.39 is 6.10 Å². The van der Waals surface area contributed by atoms with E-state index in [1.807, 2.05) is 60.9 Å². The van der Waals surface area contributed by atoms with Crippen LogP contribution in [0.4, 0.5) is 0 Å². The third-order valence-corrected chi connectivity index (χ3v) is 3.29. The van der Waals surface area contributed by atoms with Crippen LogP contribution in [-0.4, -0.2) is 11.4 Å². The molecule has 1 nitrogen and oxygen atoms in total. The van der Waals surface area contributed by atoms with E-state index >= 15 is 0 Å². The predicted molar refractivity (Wildman–Crippen MR) is 68.7 cm³/mol. The van der Waals surface area contributed by atoms with E-state index in [9.17, 15) is 5.11 Å². The Bertz CT molecular complexity index is 436. The summed E-state index contributed by atoms with van der Waals surface area (Å²) in [4.78, 5) is 1.21. The molecule has 0 bridgehead atoms. The van der Waals surface area contributed by atoms with Gasteiger partial charge in [-0.3, -0.25) is 0 Å². The van der Waals surface area contributed by atoms with Gasteiger partial charge in [-0.05, 0) is 29.5 Å².